The molecular weight excluding hydrogens is 360 g/mol. The van der Waals surface area contributed by atoms with Gasteiger partial charge in [0.05, 0.1) is 6.04 Å². The van der Waals surface area contributed by atoms with E-state index in [1.165, 1.54) is 0 Å². The van der Waals surface area contributed by atoms with Crippen LogP contribution in [0.5, 0.6) is 0 Å². The highest BCUT2D eigenvalue weighted by Crippen LogP contribution is 2.26. The van der Waals surface area contributed by atoms with Gasteiger partial charge in [-0.25, -0.2) is 0 Å². The molecule has 0 spiro atoms. The smallest absolute Gasteiger partial charge is 0.252 e. The fourth-order valence-electron chi connectivity index (χ4n) is 3.85. The number of anilines is 1. The van der Waals surface area contributed by atoms with Crippen LogP contribution in [0.4, 0.5) is 5.69 Å². The van der Waals surface area contributed by atoms with Gasteiger partial charge in [-0.3, -0.25) is 9.59 Å². The SMILES string of the molecule is Cc1ccccc1C(NC(=O)c1cccc(N2CCCC2=O)c1)c1ccccc1. The topological polar surface area (TPSA) is 49.4 Å². The Balaban J connectivity index is 1.64. The van der Waals surface area contributed by atoms with Crippen molar-refractivity contribution in [3.63, 3.8) is 0 Å². The number of benzene rings is 3. The highest BCUT2D eigenvalue weighted by Gasteiger charge is 2.23. The largest absolute Gasteiger partial charge is 0.341 e. The first-order valence-corrected chi connectivity index (χ1v) is 9.95. The molecule has 1 aliphatic heterocycles. The molecule has 1 atom stereocenters. The number of hydrogen-bond acceptors (Lipinski definition) is 2. The van der Waals surface area contributed by atoms with Crippen LogP contribution in [0.15, 0.2) is 78.9 Å². The summed E-state index contributed by atoms with van der Waals surface area (Å²) in [6.45, 7) is 2.76. The first kappa shape index (κ1) is 18.9. The van der Waals surface area contributed by atoms with Crippen molar-refractivity contribution in [2.75, 3.05) is 11.4 Å². The predicted octanol–water partition coefficient (Wildman–Crippen LogP) is 4.64. The predicted molar refractivity (Wildman–Crippen MR) is 115 cm³/mol. The van der Waals surface area contributed by atoms with Crippen molar-refractivity contribution >= 4 is 17.5 Å². The zero-order valence-corrected chi connectivity index (χ0v) is 16.5. The lowest BCUT2D eigenvalue weighted by atomic mass is 9.94. The molecule has 0 aromatic heterocycles. The van der Waals surface area contributed by atoms with Crippen molar-refractivity contribution in [1.82, 2.24) is 5.32 Å². The lowest BCUT2D eigenvalue weighted by molar-refractivity contribution is -0.117. The summed E-state index contributed by atoms with van der Waals surface area (Å²) in [5.41, 5.74) is 4.56. The van der Waals surface area contributed by atoms with Gasteiger partial charge in [0.15, 0.2) is 0 Å². The molecule has 0 saturated carbocycles. The molecule has 1 unspecified atom stereocenters. The van der Waals surface area contributed by atoms with Gasteiger partial charge < -0.3 is 10.2 Å². The third kappa shape index (κ3) is 4.06. The average molecular weight is 384 g/mol. The van der Waals surface area contributed by atoms with Gasteiger partial charge in [-0.2, -0.15) is 0 Å². The van der Waals surface area contributed by atoms with E-state index in [1.807, 2.05) is 60.7 Å². The number of nitrogens with zero attached hydrogens (tertiary/aromatic N) is 1. The van der Waals surface area contributed by atoms with Crippen LogP contribution in [0, 0.1) is 6.92 Å². The molecule has 3 aromatic carbocycles. The molecule has 4 nitrogen and oxygen atoms in total. The summed E-state index contributed by atoms with van der Waals surface area (Å²) in [4.78, 5) is 27.0. The van der Waals surface area contributed by atoms with E-state index in [-0.39, 0.29) is 17.9 Å². The van der Waals surface area contributed by atoms with E-state index in [2.05, 4.69) is 18.3 Å². The number of aryl methyl sites for hydroxylation is 1. The van der Waals surface area contributed by atoms with Gasteiger partial charge >= 0.3 is 0 Å². The van der Waals surface area contributed by atoms with Gasteiger partial charge in [0.25, 0.3) is 5.91 Å². The molecule has 1 fully saturated rings. The van der Waals surface area contributed by atoms with E-state index in [9.17, 15) is 9.59 Å². The maximum absolute atomic E-state index is 13.1. The van der Waals surface area contributed by atoms with Crippen LogP contribution in [0.3, 0.4) is 0 Å². The molecule has 4 heteroatoms. The van der Waals surface area contributed by atoms with Gasteiger partial charge in [-0.05, 0) is 48.2 Å². The van der Waals surface area contributed by atoms with Crippen LogP contribution in [0.25, 0.3) is 0 Å². The van der Waals surface area contributed by atoms with Crippen molar-refractivity contribution in [1.29, 1.82) is 0 Å². The summed E-state index contributed by atoms with van der Waals surface area (Å²) >= 11 is 0. The molecule has 1 heterocycles. The van der Waals surface area contributed by atoms with Crippen molar-refractivity contribution in [3.05, 3.63) is 101 Å². The van der Waals surface area contributed by atoms with Crippen molar-refractivity contribution in [2.24, 2.45) is 0 Å². The summed E-state index contributed by atoms with van der Waals surface area (Å²) in [5, 5.41) is 3.19. The number of carbonyl (C=O) groups is 2. The second kappa shape index (κ2) is 8.31. The minimum atomic E-state index is -0.248. The first-order chi connectivity index (χ1) is 14.1. The van der Waals surface area contributed by atoms with Crippen molar-refractivity contribution in [2.45, 2.75) is 25.8 Å². The Morgan fingerprint density at radius 3 is 2.45 bits per heavy atom. The van der Waals surface area contributed by atoms with Crippen LogP contribution in [-0.4, -0.2) is 18.4 Å². The lowest BCUT2D eigenvalue weighted by Gasteiger charge is -2.22. The Hall–Kier alpha value is -3.40. The second-order valence-corrected chi connectivity index (χ2v) is 7.37. The zero-order valence-electron chi connectivity index (χ0n) is 16.5. The Kier molecular flexibility index (Phi) is 5.43. The Bertz CT molecular complexity index is 1030. The Morgan fingerprint density at radius 1 is 0.966 bits per heavy atom. The minimum Gasteiger partial charge on any atom is -0.341 e. The van der Waals surface area contributed by atoms with Crippen LogP contribution in [-0.2, 0) is 4.79 Å². The molecule has 0 radical (unpaired) electrons. The number of amides is 2. The van der Waals surface area contributed by atoms with Gasteiger partial charge in [-0.15, -0.1) is 0 Å². The summed E-state index contributed by atoms with van der Waals surface area (Å²) in [7, 11) is 0. The zero-order chi connectivity index (χ0) is 20.2. The number of rotatable bonds is 5. The molecule has 1 aliphatic rings. The quantitative estimate of drug-likeness (QED) is 0.697. The van der Waals surface area contributed by atoms with Gasteiger partial charge in [0.2, 0.25) is 5.91 Å². The number of hydrogen-bond donors (Lipinski definition) is 1. The lowest BCUT2D eigenvalue weighted by Crippen LogP contribution is -2.30. The monoisotopic (exact) mass is 384 g/mol. The van der Waals surface area contributed by atoms with Crippen molar-refractivity contribution < 1.29 is 9.59 Å². The first-order valence-electron chi connectivity index (χ1n) is 9.95. The number of carbonyl (C=O) groups excluding carboxylic acids is 2. The normalized spacial score (nSPS) is 14.7. The van der Waals surface area contributed by atoms with E-state index in [4.69, 9.17) is 0 Å². The molecule has 0 aliphatic carbocycles. The second-order valence-electron chi connectivity index (χ2n) is 7.37. The fourth-order valence-corrected chi connectivity index (χ4v) is 3.85. The molecule has 3 aromatic rings. The molecular formula is C25H24N2O2. The van der Waals surface area contributed by atoms with Crippen LogP contribution >= 0.6 is 0 Å². The molecule has 1 saturated heterocycles. The molecule has 1 N–H and O–H groups in total. The third-order valence-corrected chi connectivity index (χ3v) is 5.40. The Labute approximate surface area is 171 Å². The van der Waals surface area contributed by atoms with Crippen LogP contribution in [0.1, 0.15) is 45.9 Å². The third-order valence-electron chi connectivity index (χ3n) is 5.40. The fraction of sp³-hybridized carbons (Fsp3) is 0.200. The van der Waals surface area contributed by atoms with E-state index in [0.29, 0.717) is 18.5 Å². The molecule has 0 bridgehead atoms. The van der Waals surface area contributed by atoms with E-state index in [0.717, 1.165) is 28.8 Å². The molecule has 146 valence electrons. The van der Waals surface area contributed by atoms with Gasteiger partial charge in [0.1, 0.15) is 0 Å². The number of nitrogens with one attached hydrogen (secondary N) is 1. The highest BCUT2D eigenvalue weighted by molar-refractivity contribution is 5.99. The molecule has 2 amide bonds. The minimum absolute atomic E-state index is 0.115. The van der Waals surface area contributed by atoms with E-state index in [1.54, 1.807) is 17.0 Å². The van der Waals surface area contributed by atoms with Gasteiger partial charge in [-0.1, -0.05) is 60.7 Å². The summed E-state index contributed by atoms with van der Waals surface area (Å²) in [5.74, 6) is -0.0415. The summed E-state index contributed by atoms with van der Waals surface area (Å²) in [6.07, 6.45) is 1.43. The van der Waals surface area contributed by atoms with Crippen molar-refractivity contribution in [3.8, 4) is 0 Å². The summed E-state index contributed by atoms with van der Waals surface area (Å²) < 4.78 is 0. The highest BCUT2D eigenvalue weighted by atomic mass is 16.2. The van der Waals surface area contributed by atoms with Crippen LogP contribution in [0.2, 0.25) is 0 Å². The maximum atomic E-state index is 13.1. The molecule has 29 heavy (non-hydrogen) atoms. The average Bonchev–Trinajstić information content (AvgIpc) is 3.19. The maximum Gasteiger partial charge on any atom is 0.252 e. The summed E-state index contributed by atoms with van der Waals surface area (Å²) in [6, 6.07) is 25.1. The standard InChI is InChI=1S/C25H24N2O2/c1-18-9-5-6-14-22(18)24(19-10-3-2-4-11-19)26-25(29)20-12-7-13-21(17-20)27-16-8-15-23(27)28/h2-7,9-14,17,24H,8,15-16H2,1H3,(H,26,29). The van der Waals surface area contributed by atoms with Crippen LogP contribution < -0.4 is 10.2 Å². The van der Waals surface area contributed by atoms with Gasteiger partial charge in [0, 0.05) is 24.2 Å². The molecule has 4 rings (SSSR count). The van der Waals surface area contributed by atoms with E-state index >= 15 is 0 Å². The van der Waals surface area contributed by atoms with E-state index < -0.39 is 0 Å². The Morgan fingerprint density at radius 2 is 1.72 bits per heavy atom.